The molecule has 4 rings (SSSR count). The van der Waals surface area contributed by atoms with Gasteiger partial charge in [-0.25, -0.2) is 19.9 Å². The Morgan fingerprint density at radius 3 is 2.36 bits per heavy atom. The molecular formula is C19H19N5S. The molecule has 126 valence electrons. The maximum absolute atomic E-state index is 4.92. The Morgan fingerprint density at radius 2 is 1.64 bits per heavy atom. The highest BCUT2D eigenvalue weighted by atomic mass is 32.2. The fraction of sp³-hybridized carbons (Fsp3) is 0.263. The number of thioether (sulfide) groups is 1. The van der Waals surface area contributed by atoms with Gasteiger partial charge in [0, 0.05) is 59.9 Å². The van der Waals surface area contributed by atoms with E-state index in [1.54, 1.807) is 12.4 Å². The minimum Gasteiger partial charge on any atom is -0.339 e. The van der Waals surface area contributed by atoms with Crippen molar-refractivity contribution in [2.24, 2.45) is 0 Å². The average Bonchev–Trinajstić information content (AvgIpc) is 2.69. The van der Waals surface area contributed by atoms with Crippen molar-refractivity contribution in [2.75, 3.05) is 29.5 Å². The molecule has 0 unspecified atom stereocenters. The lowest BCUT2D eigenvalue weighted by Crippen LogP contribution is -2.33. The van der Waals surface area contributed by atoms with Gasteiger partial charge in [0.1, 0.15) is 6.33 Å². The number of anilines is 1. The summed E-state index contributed by atoms with van der Waals surface area (Å²) in [6.07, 6.45) is 7.05. The summed E-state index contributed by atoms with van der Waals surface area (Å²) >= 11 is 1.98. The van der Waals surface area contributed by atoms with E-state index in [-0.39, 0.29) is 0 Å². The number of rotatable bonds is 3. The minimum atomic E-state index is 0.802. The third kappa shape index (κ3) is 3.49. The minimum absolute atomic E-state index is 0.802. The molecule has 3 heterocycles. The number of aromatic nitrogens is 4. The molecule has 1 fully saturated rings. The van der Waals surface area contributed by atoms with Crippen molar-refractivity contribution in [3.8, 4) is 22.4 Å². The second-order valence-electron chi connectivity index (χ2n) is 6.02. The zero-order chi connectivity index (χ0) is 17.1. The summed E-state index contributed by atoms with van der Waals surface area (Å²) in [4.78, 5) is 20.1. The van der Waals surface area contributed by atoms with E-state index in [2.05, 4.69) is 51.0 Å². The summed E-state index contributed by atoms with van der Waals surface area (Å²) in [5.41, 5.74) is 5.13. The van der Waals surface area contributed by atoms with Crippen molar-refractivity contribution >= 4 is 17.7 Å². The summed E-state index contributed by atoms with van der Waals surface area (Å²) < 4.78 is 0. The first-order valence-corrected chi connectivity index (χ1v) is 9.49. The topological polar surface area (TPSA) is 54.8 Å². The first-order chi connectivity index (χ1) is 12.3. The smallest absolute Gasteiger partial charge is 0.225 e. The largest absolute Gasteiger partial charge is 0.339 e. The van der Waals surface area contributed by atoms with Gasteiger partial charge in [-0.15, -0.1) is 0 Å². The number of hydrogen-bond acceptors (Lipinski definition) is 6. The van der Waals surface area contributed by atoms with Gasteiger partial charge in [-0.2, -0.15) is 11.8 Å². The molecular weight excluding hydrogens is 330 g/mol. The lowest BCUT2D eigenvalue weighted by molar-refractivity contribution is 0.816. The molecule has 0 radical (unpaired) electrons. The van der Waals surface area contributed by atoms with Gasteiger partial charge in [-0.05, 0) is 6.92 Å². The van der Waals surface area contributed by atoms with E-state index in [0.717, 1.165) is 52.9 Å². The Bertz CT molecular complexity index is 845. The van der Waals surface area contributed by atoms with E-state index in [4.69, 9.17) is 4.98 Å². The van der Waals surface area contributed by atoms with Crippen LogP contribution in [0.1, 0.15) is 5.56 Å². The number of hydrogen-bond donors (Lipinski definition) is 0. The SMILES string of the molecule is Cc1ccc(-c2nc(N3CCSCC3)ncc2-c2cncnc2)cc1. The van der Waals surface area contributed by atoms with Gasteiger partial charge in [-0.3, -0.25) is 0 Å². The molecule has 2 aromatic heterocycles. The Morgan fingerprint density at radius 1 is 0.920 bits per heavy atom. The zero-order valence-corrected chi connectivity index (χ0v) is 14.9. The van der Waals surface area contributed by atoms with Crippen molar-refractivity contribution in [3.05, 3.63) is 54.7 Å². The molecule has 0 aliphatic carbocycles. The molecule has 3 aromatic rings. The van der Waals surface area contributed by atoms with Crippen LogP contribution < -0.4 is 4.90 Å². The fourth-order valence-corrected chi connectivity index (χ4v) is 3.77. The van der Waals surface area contributed by atoms with Crippen molar-refractivity contribution < 1.29 is 0 Å². The van der Waals surface area contributed by atoms with Crippen LogP contribution in [0, 0.1) is 6.92 Å². The monoisotopic (exact) mass is 349 g/mol. The fourth-order valence-electron chi connectivity index (χ4n) is 2.87. The second-order valence-corrected chi connectivity index (χ2v) is 7.25. The summed E-state index contributed by atoms with van der Waals surface area (Å²) in [5, 5.41) is 0. The molecule has 6 heteroatoms. The normalized spacial score (nSPS) is 14.5. The number of benzene rings is 1. The predicted molar refractivity (Wildman–Crippen MR) is 103 cm³/mol. The second kappa shape index (κ2) is 7.19. The lowest BCUT2D eigenvalue weighted by atomic mass is 10.0. The predicted octanol–water partition coefficient (Wildman–Crippen LogP) is 3.46. The van der Waals surface area contributed by atoms with E-state index < -0.39 is 0 Å². The van der Waals surface area contributed by atoms with Crippen LogP contribution in [-0.4, -0.2) is 44.5 Å². The third-order valence-corrected chi connectivity index (χ3v) is 5.21. The van der Waals surface area contributed by atoms with Crippen molar-refractivity contribution in [1.82, 2.24) is 19.9 Å². The van der Waals surface area contributed by atoms with Gasteiger partial charge in [0.15, 0.2) is 0 Å². The Hall–Kier alpha value is -2.47. The molecule has 0 saturated carbocycles. The summed E-state index contributed by atoms with van der Waals surface area (Å²) in [5.74, 6) is 3.05. The van der Waals surface area contributed by atoms with E-state index in [0.29, 0.717) is 0 Å². The summed E-state index contributed by atoms with van der Waals surface area (Å²) in [6.45, 7) is 4.07. The maximum atomic E-state index is 4.92. The first-order valence-electron chi connectivity index (χ1n) is 8.33. The van der Waals surface area contributed by atoms with Crippen molar-refractivity contribution in [1.29, 1.82) is 0 Å². The molecule has 0 N–H and O–H groups in total. The van der Waals surface area contributed by atoms with E-state index in [9.17, 15) is 0 Å². The average molecular weight is 349 g/mol. The van der Waals surface area contributed by atoms with Crippen LogP contribution in [-0.2, 0) is 0 Å². The molecule has 0 spiro atoms. The number of nitrogens with zero attached hydrogens (tertiary/aromatic N) is 5. The van der Waals surface area contributed by atoms with Crippen LogP contribution in [0.2, 0.25) is 0 Å². The molecule has 0 atom stereocenters. The van der Waals surface area contributed by atoms with E-state index in [1.165, 1.54) is 11.9 Å². The Kier molecular flexibility index (Phi) is 4.61. The van der Waals surface area contributed by atoms with E-state index in [1.807, 2.05) is 18.0 Å². The molecule has 5 nitrogen and oxygen atoms in total. The van der Waals surface area contributed by atoms with Gasteiger partial charge in [0.2, 0.25) is 5.95 Å². The molecule has 1 aliphatic rings. The van der Waals surface area contributed by atoms with Gasteiger partial charge in [0.05, 0.1) is 5.69 Å². The summed E-state index contributed by atoms with van der Waals surface area (Å²) in [6, 6.07) is 8.45. The molecule has 1 aromatic carbocycles. The van der Waals surface area contributed by atoms with Gasteiger partial charge in [-0.1, -0.05) is 29.8 Å². The van der Waals surface area contributed by atoms with Gasteiger partial charge < -0.3 is 4.90 Å². The summed E-state index contributed by atoms with van der Waals surface area (Å²) in [7, 11) is 0. The van der Waals surface area contributed by atoms with Crippen LogP contribution in [0.4, 0.5) is 5.95 Å². The van der Waals surface area contributed by atoms with Crippen molar-refractivity contribution in [3.63, 3.8) is 0 Å². The standard InChI is InChI=1S/C19H19N5S/c1-14-2-4-15(5-3-14)18-17(16-10-20-13-21-11-16)12-22-19(23-18)24-6-8-25-9-7-24/h2-5,10-13H,6-9H2,1H3. The van der Waals surface area contributed by atoms with Gasteiger partial charge in [0.25, 0.3) is 0 Å². The molecule has 0 amide bonds. The maximum Gasteiger partial charge on any atom is 0.225 e. The Balaban J connectivity index is 1.82. The van der Waals surface area contributed by atoms with Crippen LogP contribution in [0.15, 0.2) is 49.2 Å². The third-order valence-electron chi connectivity index (χ3n) is 4.27. The lowest BCUT2D eigenvalue weighted by Gasteiger charge is -2.27. The van der Waals surface area contributed by atoms with E-state index >= 15 is 0 Å². The highest BCUT2D eigenvalue weighted by Crippen LogP contribution is 2.31. The molecule has 0 bridgehead atoms. The quantitative estimate of drug-likeness (QED) is 0.722. The number of aryl methyl sites for hydroxylation is 1. The van der Waals surface area contributed by atoms with Gasteiger partial charge >= 0.3 is 0 Å². The van der Waals surface area contributed by atoms with Crippen LogP contribution in [0.3, 0.4) is 0 Å². The van der Waals surface area contributed by atoms with Crippen LogP contribution >= 0.6 is 11.8 Å². The van der Waals surface area contributed by atoms with Crippen LogP contribution in [0.25, 0.3) is 22.4 Å². The highest BCUT2D eigenvalue weighted by molar-refractivity contribution is 7.99. The highest BCUT2D eigenvalue weighted by Gasteiger charge is 2.17. The van der Waals surface area contributed by atoms with Crippen LogP contribution in [0.5, 0.6) is 0 Å². The molecule has 1 saturated heterocycles. The molecule has 1 aliphatic heterocycles. The first kappa shape index (κ1) is 16.0. The Labute approximate surface area is 151 Å². The van der Waals surface area contributed by atoms with Crippen molar-refractivity contribution in [2.45, 2.75) is 6.92 Å². The molecule has 25 heavy (non-hydrogen) atoms. The zero-order valence-electron chi connectivity index (χ0n) is 14.1.